The number of hydrogen-bond donors (Lipinski definition) is 1. The van der Waals surface area contributed by atoms with E-state index in [1.807, 2.05) is 18.2 Å². The number of oxime groups is 1. The van der Waals surface area contributed by atoms with Crippen molar-refractivity contribution in [2.75, 3.05) is 46.0 Å². The van der Waals surface area contributed by atoms with Gasteiger partial charge >= 0.3 is 0 Å². The van der Waals surface area contributed by atoms with Gasteiger partial charge in [-0.3, -0.25) is 4.79 Å². The zero-order chi connectivity index (χ0) is 20.2. The lowest BCUT2D eigenvalue weighted by atomic mass is 9.87. The van der Waals surface area contributed by atoms with Crippen molar-refractivity contribution in [1.29, 1.82) is 0 Å². The lowest BCUT2D eigenvalue weighted by Gasteiger charge is -2.29. The molecule has 2 aliphatic heterocycles. The number of benzene rings is 2. The summed E-state index contributed by atoms with van der Waals surface area (Å²) in [7, 11) is 3.70. The Bertz CT molecular complexity index is 927. The maximum absolute atomic E-state index is 12.6. The number of fused-ring (bicyclic) bond motifs is 3. The summed E-state index contributed by atoms with van der Waals surface area (Å²) in [6.45, 7) is 2.62. The van der Waals surface area contributed by atoms with Crippen LogP contribution in [-0.4, -0.2) is 57.2 Å². The molecule has 0 aliphatic carbocycles. The van der Waals surface area contributed by atoms with Gasteiger partial charge in [-0.1, -0.05) is 35.5 Å². The van der Waals surface area contributed by atoms with E-state index in [-0.39, 0.29) is 18.4 Å². The third-order valence-electron chi connectivity index (χ3n) is 5.24. The van der Waals surface area contributed by atoms with Gasteiger partial charge in [0.25, 0.3) is 5.91 Å². The number of nitrogens with one attached hydrogen (secondary N) is 1. The van der Waals surface area contributed by atoms with Gasteiger partial charge in [0.05, 0.1) is 18.9 Å². The van der Waals surface area contributed by atoms with Gasteiger partial charge in [-0.25, -0.2) is 0 Å². The highest BCUT2D eigenvalue weighted by Crippen LogP contribution is 2.39. The first-order valence-electron chi connectivity index (χ1n) is 9.70. The van der Waals surface area contributed by atoms with E-state index in [4.69, 9.17) is 14.3 Å². The number of amides is 1. The molecule has 7 heteroatoms. The summed E-state index contributed by atoms with van der Waals surface area (Å²) in [6.07, 6.45) is 0.940. The van der Waals surface area contributed by atoms with E-state index >= 15 is 0 Å². The SMILES string of the molecule is COCCOCO/N=C1/C(=O)Nc2c1cc(-c1ccccc1)c1c2CN(C)CC1. The summed E-state index contributed by atoms with van der Waals surface area (Å²) >= 11 is 0. The molecule has 1 amide bonds. The highest BCUT2D eigenvalue weighted by molar-refractivity contribution is 6.54. The van der Waals surface area contributed by atoms with Gasteiger partial charge in [-0.2, -0.15) is 0 Å². The fourth-order valence-corrected chi connectivity index (χ4v) is 3.81. The van der Waals surface area contributed by atoms with Gasteiger partial charge < -0.3 is 24.5 Å². The Morgan fingerprint density at radius 2 is 1.97 bits per heavy atom. The number of hydrogen-bond acceptors (Lipinski definition) is 6. The lowest BCUT2D eigenvalue weighted by Crippen LogP contribution is -2.27. The summed E-state index contributed by atoms with van der Waals surface area (Å²) in [6, 6.07) is 12.3. The van der Waals surface area contributed by atoms with Gasteiger partial charge in [0.15, 0.2) is 5.71 Å². The fraction of sp³-hybridized carbons (Fsp3) is 0.364. The van der Waals surface area contributed by atoms with Gasteiger partial charge in [-0.05, 0) is 41.8 Å². The molecule has 0 bridgehead atoms. The molecule has 29 heavy (non-hydrogen) atoms. The maximum Gasteiger partial charge on any atom is 0.278 e. The van der Waals surface area contributed by atoms with E-state index in [2.05, 4.69) is 40.6 Å². The second-order valence-electron chi connectivity index (χ2n) is 7.20. The molecule has 2 aliphatic rings. The van der Waals surface area contributed by atoms with Crippen LogP contribution in [0, 0.1) is 0 Å². The van der Waals surface area contributed by atoms with E-state index in [1.165, 1.54) is 5.56 Å². The molecule has 0 fully saturated rings. The van der Waals surface area contributed by atoms with Gasteiger partial charge in [0.1, 0.15) is 0 Å². The first-order chi connectivity index (χ1) is 14.2. The number of carbonyl (C=O) groups excluding carboxylic acids is 1. The fourth-order valence-electron chi connectivity index (χ4n) is 3.81. The van der Waals surface area contributed by atoms with Crippen LogP contribution in [0.5, 0.6) is 0 Å². The zero-order valence-corrected chi connectivity index (χ0v) is 16.7. The minimum Gasteiger partial charge on any atom is -0.382 e. The van der Waals surface area contributed by atoms with Crippen LogP contribution in [0.2, 0.25) is 0 Å². The molecule has 0 unspecified atom stereocenters. The molecule has 7 nitrogen and oxygen atoms in total. The zero-order valence-electron chi connectivity index (χ0n) is 16.7. The number of nitrogens with zero attached hydrogens (tertiary/aromatic N) is 2. The van der Waals surface area contributed by atoms with Crippen molar-refractivity contribution in [2.45, 2.75) is 13.0 Å². The van der Waals surface area contributed by atoms with E-state index < -0.39 is 0 Å². The Kier molecular flexibility index (Phi) is 5.89. The lowest BCUT2D eigenvalue weighted by molar-refractivity contribution is -0.110. The van der Waals surface area contributed by atoms with Crippen LogP contribution >= 0.6 is 0 Å². The first kappa shape index (κ1) is 19.6. The predicted octanol–water partition coefficient (Wildman–Crippen LogP) is 2.63. The molecule has 0 aromatic heterocycles. The molecular formula is C22H25N3O4. The van der Waals surface area contributed by atoms with Crippen LogP contribution in [0.1, 0.15) is 16.7 Å². The van der Waals surface area contributed by atoms with Gasteiger partial charge in [0.2, 0.25) is 6.79 Å². The molecule has 2 aromatic rings. The van der Waals surface area contributed by atoms with E-state index in [0.717, 1.165) is 47.5 Å². The molecule has 152 valence electrons. The molecule has 4 rings (SSSR count). The Labute approximate surface area is 170 Å². The molecule has 1 N–H and O–H groups in total. The monoisotopic (exact) mass is 395 g/mol. The third-order valence-corrected chi connectivity index (χ3v) is 5.24. The second kappa shape index (κ2) is 8.73. The summed E-state index contributed by atoms with van der Waals surface area (Å²) in [5.41, 5.74) is 6.64. The first-order valence-corrected chi connectivity index (χ1v) is 9.70. The normalized spacial score (nSPS) is 17.2. The predicted molar refractivity (Wildman–Crippen MR) is 111 cm³/mol. The molecular weight excluding hydrogens is 370 g/mol. The van der Waals surface area contributed by atoms with Crippen molar-refractivity contribution in [3.63, 3.8) is 0 Å². The molecule has 0 atom stereocenters. The number of methoxy groups -OCH3 is 1. The molecule has 2 heterocycles. The highest BCUT2D eigenvalue weighted by atomic mass is 16.7. The van der Waals surface area contributed by atoms with E-state index in [9.17, 15) is 4.79 Å². The smallest absolute Gasteiger partial charge is 0.278 e. The van der Waals surface area contributed by atoms with Crippen molar-refractivity contribution in [3.05, 3.63) is 53.1 Å². The number of rotatable bonds is 7. The van der Waals surface area contributed by atoms with Crippen LogP contribution in [-0.2, 0) is 32.1 Å². The Balaban J connectivity index is 1.70. The maximum atomic E-state index is 12.6. The van der Waals surface area contributed by atoms with Crippen LogP contribution in [0.3, 0.4) is 0 Å². The number of ether oxygens (including phenoxy) is 2. The summed E-state index contributed by atoms with van der Waals surface area (Å²) < 4.78 is 10.2. The van der Waals surface area contributed by atoms with Gasteiger partial charge in [0, 0.05) is 25.8 Å². The molecule has 0 saturated heterocycles. The average molecular weight is 395 g/mol. The highest BCUT2D eigenvalue weighted by Gasteiger charge is 2.33. The summed E-state index contributed by atoms with van der Waals surface area (Å²) in [4.78, 5) is 20.1. The largest absolute Gasteiger partial charge is 0.382 e. The van der Waals surface area contributed by atoms with Crippen LogP contribution in [0.15, 0.2) is 41.6 Å². The number of anilines is 1. The van der Waals surface area contributed by atoms with E-state index in [1.54, 1.807) is 7.11 Å². The molecule has 2 aromatic carbocycles. The average Bonchev–Trinajstić information content (AvgIpc) is 3.06. The molecule has 0 saturated carbocycles. The minimum atomic E-state index is -0.252. The van der Waals surface area contributed by atoms with Crippen molar-refractivity contribution >= 4 is 17.3 Å². The van der Waals surface area contributed by atoms with Crippen molar-refractivity contribution in [2.24, 2.45) is 5.16 Å². The van der Waals surface area contributed by atoms with Crippen LogP contribution < -0.4 is 5.32 Å². The topological polar surface area (TPSA) is 72.4 Å². The Morgan fingerprint density at radius 3 is 2.76 bits per heavy atom. The number of carbonyl (C=O) groups is 1. The summed E-state index contributed by atoms with van der Waals surface area (Å²) in [5.74, 6) is -0.252. The Hall–Kier alpha value is -2.74. The van der Waals surface area contributed by atoms with Crippen molar-refractivity contribution in [1.82, 2.24) is 4.90 Å². The van der Waals surface area contributed by atoms with Crippen LogP contribution in [0.4, 0.5) is 5.69 Å². The van der Waals surface area contributed by atoms with E-state index in [0.29, 0.717) is 13.2 Å². The third kappa shape index (κ3) is 4.03. The quantitative estimate of drug-likeness (QED) is 0.443. The minimum absolute atomic E-state index is 0.0330. The van der Waals surface area contributed by atoms with Gasteiger partial charge in [-0.15, -0.1) is 0 Å². The van der Waals surface area contributed by atoms with Crippen molar-refractivity contribution < 1.29 is 19.1 Å². The molecule has 0 radical (unpaired) electrons. The standard InChI is InChI=1S/C22H25N3O4/c1-25-9-8-16-17(15-6-4-3-5-7-15)12-18-20(19(16)13-25)23-22(26)21(18)24-29-14-28-11-10-27-2/h3-7,12H,8-11,13-14H2,1-2H3,(H,23,24,26). The molecule has 0 spiro atoms. The number of likely N-dealkylation sites (N-methyl/N-ethyl adjacent to an activating group) is 1. The van der Waals surface area contributed by atoms with Crippen LogP contribution in [0.25, 0.3) is 11.1 Å². The summed E-state index contributed by atoms with van der Waals surface area (Å²) in [5, 5.41) is 7.07. The Morgan fingerprint density at radius 1 is 1.14 bits per heavy atom. The second-order valence-corrected chi connectivity index (χ2v) is 7.20. The van der Waals surface area contributed by atoms with Crippen molar-refractivity contribution in [3.8, 4) is 11.1 Å².